The first kappa shape index (κ1) is 14.9. The first-order valence-corrected chi connectivity index (χ1v) is 8.03. The van der Waals surface area contributed by atoms with E-state index in [0.717, 1.165) is 5.70 Å². The van der Waals surface area contributed by atoms with Crippen molar-refractivity contribution in [2.45, 2.75) is 31.6 Å². The molecular weight excluding hydrogens is 309 g/mol. The highest BCUT2D eigenvalue weighted by atomic mass is 19.1. The van der Waals surface area contributed by atoms with Crippen molar-refractivity contribution < 1.29 is 18.4 Å². The topological polar surface area (TPSA) is 50.5 Å². The number of carbonyl (C=O) groups excluding carboxylic acids is 2. The van der Waals surface area contributed by atoms with Crippen LogP contribution in [0.2, 0.25) is 0 Å². The predicted octanol–water partition coefficient (Wildman–Crippen LogP) is 3.95. The van der Waals surface area contributed by atoms with Crippen molar-refractivity contribution in [3.63, 3.8) is 0 Å². The third-order valence-electron chi connectivity index (χ3n) is 4.65. The van der Waals surface area contributed by atoms with Crippen molar-refractivity contribution in [2.75, 3.05) is 4.90 Å². The zero-order chi connectivity index (χ0) is 16.7. The van der Waals surface area contributed by atoms with Crippen LogP contribution in [0, 0.1) is 5.82 Å². The van der Waals surface area contributed by atoms with Crippen molar-refractivity contribution in [1.82, 2.24) is 0 Å². The van der Waals surface area contributed by atoms with Crippen molar-refractivity contribution in [1.29, 1.82) is 0 Å². The van der Waals surface area contributed by atoms with E-state index in [1.54, 1.807) is 35.4 Å². The predicted molar refractivity (Wildman–Crippen MR) is 85.8 cm³/mol. The van der Waals surface area contributed by atoms with Crippen LogP contribution in [0.15, 0.2) is 58.3 Å². The molecular formula is C19H16FNO3. The number of nitrogens with zero attached hydrogens (tertiary/aromatic N) is 1. The summed E-state index contributed by atoms with van der Waals surface area (Å²) in [6, 6.07) is 9.37. The van der Waals surface area contributed by atoms with Crippen LogP contribution in [0.4, 0.5) is 10.1 Å². The summed E-state index contributed by atoms with van der Waals surface area (Å²) in [7, 11) is 0. The number of benzene rings is 1. The largest absolute Gasteiger partial charge is 0.469 e. The molecule has 0 saturated carbocycles. The van der Waals surface area contributed by atoms with Crippen LogP contribution in [-0.4, -0.2) is 11.7 Å². The van der Waals surface area contributed by atoms with E-state index in [0.29, 0.717) is 36.3 Å². The van der Waals surface area contributed by atoms with E-state index in [2.05, 4.69) is 0 Å². The molecule has 0 saturated heterocycles. The molecule has 0 fully saturated rings. The van der Waals surface area contributed by atoms with Gasteiger partial charge in [0.2, 0.25) is 5.91 Å². The monoisotopic (exact) mass is 325 g/mol. The summed E-state index contributed by atoms with van der Waals surface area (Å²) in [5, 5.41) is 0. The van der Waals surface area contributed by atoms with Gasteiger partial charge in [0.05, 0.1) is 12.2 Å². The molecule has 122 valence electrons. The highest BCUT2D eigenvalue weighted by Gasteiger charge is 2.40. The molecule has 2 heterocycles. The molecule has 2 aromatic rings. The van der Waals surface area contributed by atoms with E-state index in [-0.39, 0.29) is 29.8 Å². The Kier molecular flexibility index (Phi) is 3.56. The molecule has 2 aliphatic rings. The molecule has 1 aliphatic carbocycles. The van der Waals surface area contributed by atoms with Gasteiger partial charge < -0.3 is 4.42 Å². The van der Waals surface area contributed by atoms with Crippen LogP contribution in [0.1, 0.15) is 37.4 Å². The van der Waals surface area contributed by atoms with E-state index < -0.39 is 0 Å². The fourth-order valence-electron chi connectivity index (χ4n) is 3.62. The zero-order valence-corrected chi connectivity index (χ0v) is 13.0. The summed E-state index contributed by atoms with van der Waals surface area (Å²) in [6.07, 6.45) is 3.59. The van der Waals surface area contributed by atoms with Crippen LogP contribution in [-0.2, 0) is 9.59 Å². The van der Waals surface area contributed by atoms with Gasteiger partial charge in [-0.2, -0.15) is 0 Å². The first-order valence-electron chi connectivity index (χ1n) is 8.03. The number of carbonyl (C=O) groups is 2. The Balaban J connectivity index is 1.85. The Labute approximate surface area is 138 Å². The van der Waals surface area contributed by atoms with Crippen LogP contribution in [0.25, 0.3) is 0 Å². The van der Waals surface area contributed by atoms with Crippen LogP contribution in [0.3, 0.4) is 0 Å². The quantitative estimate of drug-likeness (QED) is 0.840. The third-order valence-corrected chi connectivity index (χ3v) is 4.65. The molecule has 0 bridgehead atoms. The Morgan fingerprint density at radius 2 is 1.88 bits per heavy atom. The number of ketones is 1. The molecule has 0 spiro atoms. The molecule has 0 N–H and O–H groups in total. The number of Topliss-reactive ketones (excluding diaryl/α,β-unsaturated/α-hetero) is 1. The van der Waals surface area contributed by atoms with E-state index >= 15 is 0 Å². The van der Waals surface area contributed by atoms with Crippen LogP contribution < -0.4 is 4.90 Å². The summed E-state index contributed by atoms with van der Waals surface area (Å²) in [4.78, 5) is 26.9. The standard InChI is InChI=1S/C19H16FNO3/c20-12-6-8-13(9-7-12)21-15-3-1-4-16(22)19(15)14(11-18(21)23)17-5-2-10-24-17/h2,5-10,14H,1,3-4,11H2. The minimum absolute atomic E-state index is 0.0669. The minimum atomic E-state index is -0.356. The average molecular weight is 325 g/mol. The van der Waals surface area contributed by atoms with Crippen LogP contribution >= 0.6 is 0 Å². The summed E-state index contributed by atoms with van der Waals surface area (Å²) in [5.74, 6) is -0.0730. The van der Waals surface area contributed by atoms with Gasteiger partial charge in [0, 0.05) is 29.8 Å². The molecule has 24 heavy (non-hydrogen) atoms. The van der Waals surface area contributed by atoms with E-state index in [1.165, 1.54) is 12.1 Å². The maximum absolute atomic E-state index is 13.2. The number of hydrogen-bond donors (Lipinski definition) is 0. The molecule has 0 radical (unpaired) electrons. The van der Waals surface area contributed by atoms with Gasteiger partial charge in [-0.15, -0.1) is 0 Å². The molecule has 1 unspecified atom stereocenters. The molecule has 1 atom stereocenters. The highest BCUT2D eigenvalue weighted by molar-refractivity contribution is 6.07. The minimum Gasteiger partial charge on any atom is -0.469 e. The number of anilines is 1. The summed E-state index contributed by atoms with van der Waals surface area (Å²) in [5.41, 5.74) is 2.00. The van der Waals surface area contributed by atoms with Crippen LogP contribution in [0.5, 0.6) is 0 Å². The smallest absolute Gasteiger partial charge is 0.232 e. The zero-order valence-electron chi connectivity index (χ0n) is 13.0. The second kappa shape index (κ2) is 5.74. The van der Waals surface area contributed by atoms with Gasteiger partial charge in [0.1, 0.15) is 11.6 Å². The second-order valence-corrected chi connectivity index (χ2v) is 6.11. The third kappa shape index (κ3) is 2.37. The normalized spacial score (nSPS) is 21.2. The number of allylic oxidation sites excluding steroid dienone is 2. The number of amides is 1. The highest BCUT2D eigenvalue weighted by Crippen LogP contribution is 2.43. The summed E-state index contributed by atoms with van der Waals surface area (Å²) in [6.45, 7) is 0. The lowest BCUT2D eigenvalue weighted by Crippen LogP contribution is -2.40. The molecule has 4 rings (SSSR count). The Hall–Kier alpha value is -2.69. The first-order chi connectivity index (χ1) is 11.6. The van der Waals surface area contributed by atoms with Gasteiger partial charge in [0.25, 0.3) is 0 Å². The number of rotatable bonds is 2. The van der Waals surface area contributed by atoms with E-state index in [9.17, 15) is 14.0 Å². The fraction of sp³-hybridized carbons (Fsp3) is 0.263. The van der Waals surface area contributed by atoms with Gasteiger partial charge in [0.15, 0.2) is 5.78 Å². The van der Waals surface area contributed by atoms with Gasteiger partial charge >= 0.3 is 0 Å². The lowest BCUT2D eigenvalue weighted by atomic mass is 9.79. The Bertz CT molecular complexity index is 821. The maximum atomic E-state index is 13.2. The van der Waals surface area contributed by atoms with Crippen molar-refractivity contribution in [3.8, 4) is 0 Å². The van der Waals surface area contributed by atoms with Gasteiger partial charge in [-0.1, -0.05) is 0 Å². The number of hydrogen-bond acceptors (Lipinski definition) is 3. The Morgan fingerprint density at radius 1 is 1.08 bits per heavy atom. The molecule has 5 heteroatoms. The van der Waals surface area contributed by atoms with Crippen molar-refractivity contribution in [2.24, 2.45) is 0 Å². The number of halogens is 1. The fourth-order valence-corrected chi connectivity index (χ4v) is 3.62. The maximum Gasteiger partial charge on any atom is 0.232 e. The van der Waals surface area contributed by atoms with E-state index in [1.807, 2.05) is 0 Å². The summed E-state index contributed by atoms with van der Waals surface area (Å²) >= 11 is 0. The van der Waals surface area contributed by atoms with E-state index in [4.69, 9.17) is 4.42 Å². The molecule has 1 aliphatic heterocycles. The lowest BCUT2D eigenvalue weighted by molar-refractivity contribution is -0.120. The molecule has 4 nitrogen and oxygen atoms in total. The lowest BCUT2D eigenvalue weighted by Gasteiger charge is -2.37. The van der Waals surface area contributed by atoms with Gasteiger partial charge in [-0.05, 0) is 49.2 Å². The van der Waals surface area contributed by atoms with Crippen molar-refractivity contribution >= 4 is 17.4 Å². The van der Waals surface area contributed by atoms with Crippen molar-refractivity contribution in [3.05, 3.63) is 65.5 Å². The molecule has 1 aromatic carbocycles. The van der Waals surface area contributed by atoms with Gasteiger partial charge in [-0.25, -0.2) is 4.39 Å². The van der Waals surface area contributed by atoms with Gasteiger partial charge in [-0.3, -0.25) is 14.5 Å². The number of furan rings is 1. The average Bonchev–Trinajstić information content (AvgIpc) is 3.10. The second-order valence-electron chi connectivity index (χ2n) is 6.11. The molecule has 1 amide bonds. The summed E-state index contributed by atoms with van der Waals surface area (Å²) < 4.78 is 18.7. The molecule has 1 aromatic heterocycles. The Morgan fingerprint density at radius 3 is 2.58 bits per heavy atom. The SMILES string of the molecule is O=C1CCCC2=C1C(c1ccco1)CC(=O)N2c1ccc(F)cc1.